The van der Waals surface area contributed by atoms with Crippen molar-refractivity contribution in [1.82, 2.24) is 5.32 Å². The summed E-state index contributed by atoms with van der Waals surface area (Å²) in [6.45, 7) is 13.0. The minimum Gasteiger partial charge on any atom is -0.439 e. The molecule has 1 atom stereocenters. The summed E-state index contributed by atoms with van der Waals surface area (Å²) < 4.78 is 5.76. The van der Waals surface area contributed by atoms with Crippen LogP contribution in [0.4, 0.5) is 0 Å². The van der Waals surface area contributed by atoms with E-state index in [1.165, 1.54) is 38.3 Å². The molecule has 1 rings (SSSR count). The van der Waals surface area contributed by atoms with E-state index in [0.29, 0.717) is 17.7 Å². The Labute approximate surface area is 189 Å². The van der Waals surface area contributed by atoms with Crippen LogP contribution in [0.3, 0.4) is 0 Å². The Morgan fingerprint density at radius 1 is 1.32 bits per heavy atom. The van der Waals surface area contributed by atoms with E-state index in [1.54, 1.807) is 12.2 Å². The number of nitrogens with zero attached hydrogens (tertiary/aromatic N) is 1. The molecular formula is C26H41N3O2. The molecule has 0 fully saturated rings. The number of allylic oxidation sites excluding steroid dienone is 3. The summed E-state index contributed by atoms with van der Waals surface area (Å²) in [4.78, 5) is 14.9. The standard InChI is InChI=1S/C24H35N3O2.C2H6/c1-4-6-7-8-11-20(3)27-19-18-21-12-9-13-22(17-16-21)29-24(26-5-2)15-10-14-23(25)28;1-2/h5,9-10,13,15-17,20,27H,2,4,6-8,11,14,18-19H2,1,3H3,(H2,25,28);1-2H3/b15-10-,26-24?;. The predicted molar refractivity (Wildman–Crippen MR) is 133 cm³/mol. The maximum atomic E-state index is 10.8. The van der Waals surface area contributed by atoms with E-state index in [-0.39, 0.29) is 6.42 Å². The van der Waals surface area contributed by atoms with E-state index in [1.807, 2.05) is 38.2 Å². The summed E-state index contributed by atoms with van der Waals surface area (Å²) in [5.41, 5.74) is 9.52. The Hall–Kier alpha value is -2.62. The van der Waals surface area contributed by atoms with Crippen LogP contribution < -0.4 is 11.1 Å². The Bertz CT molecular complexity index is 708. The second-order valence-electron chi connectivity index (χ2n) is 7.02. The molecule has 5 nitrogen and oxygen atoms in total. The molecule has 1 unspecified atom stereocenters. The van der Waals surface area contributed by atoms with E-state index >= 15 is 0 Å². The fourth-order valence-electron chi connectivity index (χ4n) is 2.76. The number of nitrogens with one attached hydrogen (secondary N) is 1. The summed E-state index contributed by atoms with van der Waals surface area (Å²) in [6, 6.07) is 0.535. The quantitative estimate of drug-likeness (QED) is 0.157. The van der Waals surface area contributed by atoms with Gasteiger partial charge >= 0.3 is 0 Å². The van der Waals surface area contributed by atoms with Gasteiger partial charge in [0.1, 0.15) is 5.76 Å². The van der Waals surface area contributed by atoms with Gasteiger partial charge in [-0.15, -0.1) is 5.73 Å². The van der Waals surface area contributed by atoms with Crippen molar-refractivity contribution in [3.8, 4) is 0 Å². The van der Waals surface area contributed by atoms with Crippen LogP contribution in [0.15, 0.2) is 71.3 Å². The fraction of sp³-hybridized carbons (Fsp3) is 0.500. The van der Waals surface area contributed by atoms with E-state index in [0.717, 1.165) is 18.5 Å². The number of amides is 1. The van der Waals surface area contributed by atoms with Crippen LogP contribution in [0.25, 0.3) is 0 Å². The third-order valence-electron chi connectivity index (χ3n) is 4.36. The number of carbonyl (C=O) groups is 1. The van der Waals surface area contributed by atoms with Gasteiger partial charge in [-0.3, -0.25) is 4.79 Å². The van der Waals surface area contributed by atoms with Gasteiger partial charge < -0.3 is 15.8 Å². The lowest BCUT2D eigenvalue weighted by atomic mass is 10.1. The Morgan fingerprint density at radius 2 is 2.10 bits per heavy atom. The molecule has 0 saturated heterocycles. The molecular weight excluding hydrogens is 386 g/mol. The van der Waals surface area contributed by atoms with Gasteiger partial charge in [-0.05, 0) is 55.7 Å². The van der Waals surface area contributed by atoms with Gasteiger partial charge in [-0.25, -0.2) is 4.99 Å². The number of unbranched alkanes of at least 4 members (excludes halogenated alkanes) is 3. The fourth-order valence-corrected chi connectivity index (χ4v) is 2.76. The first-order valence-electron chi connectivity index (χ1n) is 11.4. The number of ether oxygens (including phenoxy) is 1. The zero-order valence-corrected chi connectivity index (χ0v) is 19.8. The lowest BCUT2D eigenvalue weighted by Crippen LogP contribution is -2.27. The Morgan fingerprint density at radius 3 is 2.77 bits per heavy atom. The van der Waals surface area contributed by atoms with E-state index in [2.05, 4.69) is 36.5 Å². The van der Waals surface area contributed by atoms with Crippen molar-refractivity contribution < 1.29 is 9.53 Å². The molecule has 0 aromatic heterocycles. The van der Waals surface area contributed by atoms with Crippen molar-refractivity contribution in [2.24, 2.45) is 10.7 Å². The molecule has 0 aromatic rings. The smallest absolute Gasteiger partial charge is 0.221 e. The van der Waals surface area contributed by atoms with Crippen molar-refractivity contribution in [2.45, 2.75) is 78.7 Å². The molecule has 0 aliphatic heterocycles. The number of nitrogens with two attached hydrogens (primary N) is 1. The van der Waals surface area contributed by atoms with E-state index in [4.69, 9.17) is 10.5 Å². The van der Waals surface area contributed by atoms with E-state index in [9.17, 15) is 4.79 Å². The minimum absolute atomic E-state index is 0.129. The highest BCUT2D eigenvalue weighted by molar-refractivity contribution is 5.90. The van der Waals surface area contributed by atoms with Gasteiger partial charge in [0.05, 0.1) is 0 Å². The summed E-state index contributed by atoms with van der Waals surface area (Å²) in [5.74, 6) is 0.565. The molecule has 0 aromatic carbocycles. The number of primary amides is 1. The molecule has 1 amide bonds. The van der Waals surface area contributed by atoms with E-state index < -0.39 is 5.91 Å². The molecule has 1 aliphatic carbocycles. The molecule has 172 valence electrons. The first-order chi connectivity index (χ1) is 15.0. The summed E-state index contributed by atoms with van der Waals surface area (Å²) in [7, 11) is 0. The second-order valence-corrected chi connectivity index (χ2v) is 7.02. The predicted octanol–water partition coefficient (Wildman–Crippen LogP) is 5.88. The number of rotatable bonds is 14. The van der Waals surface area contributed by atoms with Crippen LogP contribution in [0.5, 0.6) is 0 Å². The van der Waals surface area contributed by atoms with Gasteiger partial charge in [0.2, 0.25) is 11.8 Å². The highest BCUT2D eigenvalue weighted by Gasteiger charge is 2.04. The van der Waals surface area contributed by atoms with Crippen LogP contribution in [-0.2, 0) is 9.53 Å². The second kappa shape index (κ2) is 19.3. The molecule has 0 bridgehead atoms. The molecule has 0 radical (unpaired) electrons. The highest BCUT2D eigenvalue weighted by atomic mass is 16.5. The summed E-state index contributed by atoms with van der Waals surface area (Å²) >= 11 is 0. The largest absolute Gasteiger partial charge is 0.439 e. The average molecular weight is 428 g/mol. The molecule has 1 aliphatic rings. The van der Waals surface area contributed by atoms with Crippen molar-refractivity contribution in [3.05, 3.63) is 66.3 Å². The van der Waals surface area contributed by atoms with Crippen molar-refractivity contribution in [2.75, 3.05) is 6.54 Å². The van der Waals surface area contributed by atoms with Crippen LogP contribution >= 0.6 is 0 Å². The van der Waals surface area contributed by atoms with Crippen LogP contribution in [0.1, 0.15) is 72.6 Å². The Balaban J connectivity index is 0.00000436. The topological polar surface area (TPSA) is 76.7 Å². The zero-order chi connectivity index (χ0) is 23.3. The number of carbonyl (C=O) groups excluding carboxylic acids is 1. The minimum atomic E-state index is -0.409. The van der Waals surface area contributed by atoms with Gasteiger partial charge in [-0.1, -0.05) is 59.1 Å². The van der Waals surface area contributed by atoms with Gasteiger partial charge in [0, 0.05) is 25.2 Å². The first-order valence-corrected chi connectivity index (χ1v) is 11.4. The molecule has 3 N–H and O–H groups in total. The van der Waals surface area contributed by atoms with Crippen LogP contribution in [-0.4, -0.2) is 24.4 Å². The van der Waals surface area contributed by atoms with Crippen LogP contribution in [0.2, 0.25) is 0 Å². The number of hydrogen-bond donors (Lipinski definition) is 2. The maximum absolute atomic E-state index is 10.8. The van der Waals surface area contributed by atoms with Crippen molar-refractivity contribution >= 4 is 11.8 Å². The number of hydrogen-bond acceptors (Lipinski definition) is 4. The average Bonchev–Trinajstić information content (AvgIpc) is 2.98. The summed E-state index contributed by atoms with van der Waals surface area (Å²) in [5, 5.41) is 3.59. The lowest BCUT2D eigenvalue weighted by Gasteiger charge is -2.13. The highest BCUT2D eigenvalue weighted by Crippen LogP contribution is 2.12. The summed E-state index contributed by atoms with van der Waals surface area (Å²) in [6.07, 6.45) is 19.6. The molecule has 0 heterocycles. The van der Waals surface area contributed by atoms with Gasteiger partial charge in [0.15, 0.2) is 0 Å². The molecule has 0 spiro atoms. The third kappa shape index (κ3) is 15.8. The zero-order valence-electron chi connectivity index (χ0n) is 19.8. The lowest BCUT2D eigenvalue weighted by molar-refractivity contribution is -0.117. The SMILES string of the molecule is C=CN=C(/C=C\CC(N)=O)OC1=CC=C=C(CCNC(C)CCCCCC)C=C1.CC. The maximum Gasteiger partial charge on any atom is 0.221 e. The normalized spacial score (nSPS) is 14.3. The monoisotopic (exact) mass is 427 g/mol. The molecule has 0 saturated carbocycles. The molecule has 5 heteroatoms. The van der Waals surface area contributed by atoms with Gasteiger partial charge in [-0.2, -0.15) is 0 Å². The third-order valence-corrected chi connectivity index (χ3v) is 4.36. The van der Waals surface area contributed by atoms with Crippen LogP contribution in [0, 0.1) is 0 Å². The van der Waals surface area contributed by atoms with Crippen molar-refractivity contribution in [3.63, 3.8) is 0 Å². The van der Waals surface area contributed by atoms with Crippen molar-refractivity contribution in [1.29, 1.82) is 0 Å². The first kappa shape index (κ1) is 28.4. The van der Waals surface area contributed by atoms with Gasteiger partial charge in [0.25, 0.3) is 0 Å². The Kier molecular flexibility index (Phi) is 17.7. The molecule has 31 heavy (non-hydrogen) atoms. The number of aliphatic imine (C=N–C) groups is 1.